The number of carbonyl (C=O) groups is 3. The Bertz CT molecular complexity index is 888. The molecule has 3 atom stereocenters. The van der Waals surface area contributed by atoms with E-state index in [0.717, 1.165) is 30.8 Å². The number of fused-ring (bicyclic) bond motifs is 2. The third-order valence-electron chi connectivity index (χ3n) is 7.19. The fourth-order valence-corrected chi connectivity index (χ4v) is 5.54. The molecule has 1 aromatic rings. The summed E-state index contributed by atoms with van der Waals surface area (Å²) in [5, 5.41) is 9.58. The molecule has 0 aromatic heterocycles. The normalized spacial score (nSPS) is 29.0. The molecular weight excluding hydrogens is 394 g/mol. The van der Waals surface area contributed by atoms with Gasteiger partial charge in [0.15, 0.2) is 0 Å². The van der Waals surface area contributed by atoms with E-state index in [1.165, 1.54) is 25.8 Å². The molecule has 1 aromatic carbocycles. The van der Waals surface area contributed by atoms with Crippen LogP contribution < -0.4 is 16.0 Å². The molecule has 3 unspecified atom stereocenters. The molecule has 4 aliphatic rings. The average Bonchev–Trinajstić information content (AvgIpc) is 3.11. The predicted octanol–water partition coefficient (Wildman–Crippen LogP) is 0.364. The van der Waals surface area contributed by atoms with Crippen LogP contribution in [0.1, 0.15) is 53.6 Å². The Labute approximate surface area is 182 Å². The highest BCUT2D eigenvalue weighted by Crippen LogP contribution is 2.29. The highest BCUT2D eigenvalue weighted by Gasteiger charge is 2.40. The Kier molecular flexibility index (Phi) is 5.77. The Balaban J connectivity index is 1.20. The van der Waals surface area contributed by atoms with Gasteiger partial charge in [-0.2, -0.15) is 0 Å². The molecular formula is C23H31N5O3. The van der Waals surface area contributed by atoms with Crippen molar-refractivity contribution >= 4 is 17.7 Å². The average molecular weight is 426 g/mol. The predicted molar refractivity (Wildman–Crippen MR) is 115 cm³/mol. The highest BCUT2D eigenvalue weighted by atomic mass is 16.2. The molecule has 0 radical (unpaired) electrons. The molecule has 3 saturated heterocycles. The zero-order valence-corrected chi connectivity index (χ0v) is 17.9. The summed E-state index contributed by atoms with van der Waals surface area (Å²) in [4.78, 5) is 41.2. The fraction of sp³-hybridized carbons (Fsp3) is 0.609. The van der Waals surface area contributed by atoms with Gasteiger partial charge in [-0.05, 0) is 36.9 Å². The van der Waals surface area contributed by atoms with Crippen molar-refractivity contribution in [2.45, 2.75) is 63.3 Å². The lowest BCUT2D eigenvalue weighted by Gasteiger charge is -2.43. The molecule has 3 fully saturated rings. The summed E-state index contributed by atoms with van der Waals surface area (Å²) in [5.41, 5.74) is 2.65. The van der Waals surface area contributed by atoms with E-state index in [1.54, 1.807) is 4.90 Å². The first kappa shape index (κ1) is 20.6. The van der Waals surface area contributed by atoms with Gasteiger partial charge in [-0.3, -0.25) is 24.6 Å². The first-order valence-corrected chi connectivity index (χ1v) is 11.5. The molecule has 4 heterocycles. The van der Waals surface area contributed by atoms with E-state index in [4.69, 9.17) is 0 Å². The van der Waals surface area contributed by atoms with Crippen LogP contribution in [0.3, 0.4) is 0 Å². The number of rotatable bonds is 5. The van der Waals surface area contributed by atoms with Gasteiger partial charge in [0.1, 0.15) is 6.04 Å². The molecule has 3 N–H and O–H groups in total. The van der Waals surface area contributed by atoms with Gasteiger partial charge >= 0.3 is 0 Å². The fourth-order valence-electron chi connectivity index (χ4n) is 5.54. The quantitative estimate of drug-likeness (QED) is 0.590. The van der Waals surface area contributed by atoms with E-state index in [0.29, 0.717) is 37.2 Å². The second kappa shape index (κ2) is 8.68. The monoisotopic (exact) mass is 425 g/mol. The van der Waals surface area contributed by atoms with Crippen LogP contribution in [-0.2, 0) is 22.7 Å². The van der Waals surface area contributed by atoms with Crippen molar-refractivity contribution in [2.24, 2.45) is 0 Å². The second-order valence-electron chi connectivity index (χ2n) is 9.23. The summed E-state index contributed by atoms with van der Waals surface area (Å²) in [6.07, 6.45) is 4.61. The summed E-state index contributed by atoms with van der Waals surface area (Å²) < 4.78 is 0. The Morgan fingerprint density at radius 1 is 1.13 bits per heavy atom. The van der Waals surface area contributed by atoms with Crippen molar-refractivity contribution in [2.75, 3.05) is 26.2 Å². The van der Waals surface area contributed by atoms with Crippen LogP contribution in [0, 0.1) is 0 Å². The molecule has 166 valence electrons. The van der Waals surface area contributed by atoms with Gasteiger partial charge in [-0.25, -0.2) is 0 Å². The standard InChI is InChI=1S/C23H31N5O3/c29-20-8-7-19(22(30)26-20)28-13-16-5-3-4-15(21(16)23(28)31)10-24-11-17-14-27-9-2-1-6-18(27)12-25-17/h3-5,17-19,24-25H,1-2,6-14H2,(H,26,29,30). The number of hydrogen-bond acceptors (Lipinski definition) is 6. The van der Waals surface area contributed by atoms with Gasteiger partial charge in [-0.1, -0.05) is 24.6 Å². The minimum Gasteiger partial charge on any atom is -0.322 e. The Morgan fingerprint density at radius 2 is 2.03 bits per heavy atom. The molecule has 8 heteroatoms. The summed E-state index contributed by atoms with van der Waals surface area (Å²) in [7, 11) is 0. The van der Waals surface area contributed by atoms with E-state index < -0.39 is 6.04 Å². The number of carbonyl (C=O) groups excluding carboxylic acids is 3. The summed E-state index contributed by atoms with van der Waals surface area (Å²) in [6, 6.07) is 6.48. The zero-order chi connectivity index (χ0) is 21.4. The first-order valence-electron chi connectivity index (χ1n) is 11.5. The lowest BCUT2D eigenvalue weighted by Crippen LogP contribution is -2.60. The molecule has 5 rings (SSSR count). The van der Waals surface area contributed by atoms with Crippen LogP contribution in [0.2, 0.25) is 0 Å². The first-order chi connectivity index (χ1) is 15.1. The van der Waals surface area contributed by atoms with Crippen molar-refractivity contribution in [1.29, 1.82) is 0 Å². The van der Waals surface area contributed by atoms with Crippen LogP contribution in [0.15, 0.2) is 18.2 Å². The summed E-state index contributed by atoms with van der Waals surface area (Å²) >= 11 is 0. The second-order valence-corrected chi connectivity index (χ2v) is 9.23. The lowest BCUT2D eigenvalue weighted by molar-refractivity contribution is -0.136. The SMILES string of the molecule is O=C1CCC(N2Cc3cccc(CNCC4CN5CCCCC5CN4)c3C2=O)C(=O)N1. The number of benzene rings is 1. The number of piperidine rings is 2. The number of nitrogens with one attached hydrogen (secondary N) is 3. The molecule has 0 aliphatic carbocycles. The molecule has 0 bridgehead atoms. The maximum Gasteiger partial charge on any atom is 0.255 e. The molecule has 3 amide bonds. The van der Waals surface area contributed by atoms with Crippen LogP contribution in [-0.4, -0.2) is 71.8 Å². The highest BCUT2D eigenvalue weighted by molar-refractivity contribution is 6.05. The third-order valence-corrected chi connectivity index (χ3v) is 7.19. The van der Waals surface area contributed by atoms with Gasteiger partial charge in [-0.15, -0.1) is 0 Å². The number of amides is 3. The molecule has 4 aliphatic heterocycles. The van der Waals surface area contributed by atoms with Gasteiger partial charge < -0.3 is 15.5 Å². The van der Waals surface area contributed by atoms with E-state index in [9.17, 15) is 14.4 Å². The van der Waals surface area contributed by atoms with Crippen LogP contribution in [0.4, 0.5) is 0 Å². The lowest BCUT2D eigenvalue weighted by atomic mass is 9.98. The smallest absolute Gasteiger partial charge is 0.255 e. The van der Waals surface area contributed by atoms with Crippen molar-refractivity contribution < 1.29 is 14.4 Å². The minimum atomic E-state index is -0.567. The van der Waals surface area contributed by atoms with E-state index >= 15 is 0 Å². The summed E-state index contributed by atoms with van der Waals surface area (Å²) in [5.74, 6) is -0.729. The van der Waals surface area contributed by atoms with E-state index in [-0.39, 0.29) is 24.1 Å². The third kappa shape index (κ3) is 4.12. The number of piperazine rings is 1. The zero-order valence-electron chi connectivity index (χ0n) is 17.9. The number of nitrogens with zero attached hydrogens (tertiary/aromatic N) is 2. The van der Waals surface area contributed by atoms with Crippen LogP contribution in [0.25, 0.3) is 0 Å². The van der Waals surface area contributed by atoms with Crippen molar-refractivity contribution in [1.82, 2.24) is 25.8 Å². The van der Waals surface area contributed by atoms with E-state index in [2.05, 4.69) is 20.9 Å². The molecule has 31 heavy (non-hydrogen) atoms. The number of imide groups is 1. The Hall–Kier alpha value is -2.29. The molecule has 0 spiro atoms. The van der Waals surface area contributed by atoms with Crippen molar-refractivity contribution in [3.05, 3.63) is 34.9 Å². The minimum absolute atomic E-state index is 0.103. The Morgan fingerprint density at radius 3 is 2.90 bits per heavy atom. The van der Waals surface area contributed by atoms with Crippen molar-refractivity contribution in [3.63, 3.8) is 0 Å². The largest absolute Gasteiger partial charge is 0.322 e. The maximum atomic E-state index is 13.2. The molecule has 8 nitrogen and oxygen atoms in total. The van der Waals surface area contributed by atoms with E-state index in [1.807, 2.05) is 18.2 Å². The van der Waals surface area contributed by atoms with Crippen LogP contribution in [0.5, 0.6) is 0 Å². The van der Waals surface area contributed by atoms with Gasteiger partial charge in [0, 0.05) is 56.8 Å². The van der Waals surface area contributed by atoms with Crippen molar-refractivity contribution in [3.8, 4) is 0 Å². The van der Waals surface area contributed by atoms with Gasteiger partial charge in [0.2, 0.25) is 11.8 Å². The van der Waals surface area contributed by atoms with Crippen LogP contribution >= 0.6 is 0 Å². The maximum absolute atomic E-state index is 13.2. The van der Waals surface area contributed by atoms with Gasteiger partial charge in [0.25, 0.3) is 5.91 Å². The number of hydrogen-bond donors (Lipinski definition) is 3. The van der Waals surface area contributed by atoms with Gasteiger partial charge in [0.05, 0.1) is 0 Å². The topological polar surface area (TPSA) is 93.8 Å². The molecule has 0 saturated carbocycles. The summed E-state index contributed by atoms with van der Waals surface area (Å²) in [6.45, 7) is 5.26.